The number of sulfonamides is 1. The van der Waals surface area contributed by atoms with Crippen molar-refractivity contribution in [2.45, 2.75) is 24.8 Å². The molecule has 2 aromatic carbocycles. The van der Waals surface area contributed by atoms with E-state index >= 15 is 0 Å². The molecule has 172 valence electrons. The van der Waals surface area contributed by atoms with Gasteiger partial charge in [-0.15, -0.1) is 0 Å². The van der Waals surface area contributed by atoms with Crippen LogP contribution in [-0.4, -0.2) is 68.8 Å². The van der Waals surface area contributed by atoms with Crippen LogP contribution in [0.15, 0.2) is 53.4 Å². The first kappa shape index (κ1) is 23.6. The second-order valence-electron chi connectivity index (χ2n) is 7.40. The van der Waals surface area contributed by atoms with Crippen LogP contribution in [0.5, 0.6) is 11.5 Å². The van der Waals surface area contributed by atoms with Gasteiger partial charge in [-0.1, -0.05) is 12.1 Å². The van der Waals surface area contributed by atoms with Gasteiger partial charge in [0.25, 0.3) is 0 Å². The van der Waals surface area contributed by atoms with Gasteiger partial charge in [-0.2, -0.15) is 4.31 Å². The SMILES string of the molecule is CCN(CC1COc2ccccc2O1)C(=O)CN(C)S(=O)(=O)c1ccc(NC(C)=O)cc1. The van der Waals surface area contributed by atoms with Gasteiger partial charge in [-0.3, -0.25) is 9.59 Å². The van der Waals surface area contributed by atoms with Crippen LogP contribution in [0.3, 0.4) is 0 Å². The van der Waals surface area contributed by atoms with E-state index in [1.165, 1.54) is 38.2 Å². The molecule has 9 nitrogen and oxygen atoms in total. The minimum atomic E-state index is -3.88. The second kappa shape index (κ2) is 10.0. The van der Waals surface area contributed by atoms with Gasteiger partial charge in [-0.05, 0) is 43.3 Å². The Balaban J connectivity index is 1.62. The number of rotatable bonds is 8. The van der Waals surface area contributed by atoms with Crippen molar-refractivity contribution in [3.8, 4) is 11.5 Å². The number of para-hydroxylation sites is 2. The Bertz CT molecular complexity index is 1070. The number of fused-ring (bicyclic) bond motifs is 1. The Kier molecular flexibility index (Phi) is 7.37. The summed E-state index contributed by atoms with van der Waals surface area (Å²) >= 11 is 0. The molecule has 0 saturated heterocycles. The summed E-state index contributed by atoms with van der Waals surface area (Å²) in [7, 11) is -2.52. The number of hydrogen-bond acceptors (Lipinski definition) is 6. The van der Waals surface area contributed by atoms with Crippen molar-refractivity contribution >= 4 is 27.5 Å². The highest BCUT2D eigenvalue weighted by Crippen LogP contribution is 2.31. The fourth-order valence-corrected chi connectivity index (χ4v) is 4.40. The number of nitrogens with zero attached hydrogens (tertiary/aromatic N) is 2. The minimum Gasteiger partial charge on any atom is -0.486 e. The fraction of sp³-hybridized carbons (Fsp3) is 0.364. The lowest BCUT2D eigenvalue weighted by molar-refractivity contribution is -0.132. The van der Waals surface area contributed by atoms with E-state index < -0.39 is 10.0 Å². The number of carbonyl (C=O) groups excluding carboxylic acids is 2. The monoisotopic (exact) mass is 461 g/mol. The quantitative estimate of drug-likeness (QED) is 0.644. The van der Waals surface area contributed by atoms with E-state index in [4.69, 9.17) is 9.47 Å². The lowest BCUT2D eigenvalue weighted by atomic mass is 10.2. The molecule has 10 heteroatoms. The summed E-state index contributed by atoms with van der Waals surface area (Å²) in [6, 6.07) is 13.1. The van der Waals surface area contributed by atoms with Gasteiger partial charge in [-0.25, -0.2) is 8.42 Å². The lowest BCUT2D eigenvalue weighted by Crippen LogP contribution is -2.47. The molecule has 0 fully saturated rings. The maximum absolute atomic E-state index is 12.9. The van der Waals surface area contributed by atoms with E-state index in [0.29, 0.717) is 30.3 Å². The maximum Gasteiger partial charge on any atom is 0.243 e. The summed E-state index contributed by atoms with van der Waals surface area (Å²) in [4.78, 5) is 25.5. The number of ether oxygens (including phenoxy) is 2. The average Bonchev–Trinajstić information content (AvgIpc) is 2.77. The van der Waals surface area contributed by atoms with Crippen LogP contribution in [0.4, 0.5) is 5.69 Å². The molecular weight excluding hydrogens is 434 g/mol. The molecule has 1 atom stereocenters. The molecule has 3 rings (SSSR count). The number of benzene rings is 2. The number of hydrogen-bond donors (Lipinski definition) is 1. The molecule has 32 heavy (non-hydrogen) atoms. The molecule has 1 unspecified atom stereocenters. The lowest BCUT2D eigenvalue weighted by Gasteiger charge is -2.31. The Morgan fingerprint density at radius 1 is 1.09 bits per heavy atom. The molecule has 1 heterocycles. The van der Waals surface area contributed by atoms with Gasteiger partial charge in [0.15, 0.2) is 17.6 Å². The zero-order valence-corrected chi connectivity index (χ0v) is 19.1. The third-order valence-electron chi connectivity index (χ3n) is 4.97. The zero-order chi connectivity index (χ0) is 23.3. The summed E-state index contributed by atoms with van der Waals surface area (Å²) in [5, 5.41) is 2.58. The van der Waals surface area contributed by atoms with Gasteiger partial charge in [0.1, 0.15) is 6.61 Å². The highest BCUT2D eigenvalue weighted by molar-refractivity contribution is 7.89. The highest BCUT2D eigenvalue weighted by Gasteiger charge is 2.28. The zero-order valence-electron chi connectivity index (χ0n) is 18.3. The predicted molar refractivity (Wildman–Crippen MR) is 119 cm³/mol. The molecule has 0 saturated carbocycles. The second-order valence-corrected chi connectivity index (χ2v) is 9.44. The first-order valence-corrected chi connectivity index (χ1v) is 11.6. The van der Waals surface area contributed by atoms with Crippen LogP contribution < -0.4 is 14.8 Å². The Labute approximate surface area is 188 Å². The molecule has 0 aliphatic carbocycles. The molecule has 1 aliphatic heterocycles. The fourth-order valence-electron chi connectivity index (χ4n) is 3.28. The topological polar surface area (TPSA) is 105 Å². The van der Waals surface area contributed by atoms with Crippen molar-refractivity contribution < 1.29 is 27.5 Å². The van der Waals surface area contributed by atoms with Gasteiger partial charge in [0.2, 0.25) is 21.8 Å². The van der Waals surface area contributed by atoms with E-state index in [1.54, 1.807) is 11.0 Å². The minimum absolute atomic E-state index is 0.0329. The third-order valence-corrected chi connectivity index (χ3v) is 6.78. The Morgan fingerprint density at radius 3 is 2.38 bits per heavy atom. The molecule has 0 spiro atoms. The van der Waals surface area contributed by atoms with Crippen molar-refractivity contribution in [2.24, 2.45) is 0 Å². The summed E-state index contributed by atoms with van der Waals surface area (Å²) in [5.41, 5.74) is 0.489. The summed E-state index contributed by atoms with van der Waals surface area (Å²) in [5.74, 6) is 0.692. The number of nitrogens with one attached hydrogen (secondary N) is 1. The standard InChI is InChI=1S/C22H27N3O6S/c1-4-25(13-18-15-30-20-7-5-6-8-21(20)31-18)22(27)14-24(3)32(28,29)19-11-9-17(10-12-19)23-16(2)26/h5-12,18H,4,13-15H2,1-3H3,(H,23,26). The molecule has 0 aromatic heterocycles. The largest absolute Gasteiger partial charge is 0.486 e. The van der Waals surface area contributed by atoms with E-state index in [9.17, 15) is 18.0 Å². The molecule has 2 aromatic rings. The van der Waals surface area contributed by atoms with Crippen LogP contribution in [0.25, 0.3) is 0 Å². The Hall–Kier alpha value is -3.11. The summed E-state index contributed by atoms with van der Waals surface area (Å²) < 4.78 is 38.3. The van der Waals surface area contributed by atoms with E-state index in [0.717, 1.165) is 4.31 Å². The average molecular weight is 462 g/mol. The molecule has 0 bridgehead atoms. The van der Waals surface area contributed by atoms with Crippen molar-refractivity contribution in [2.75, 3.05) is 38.6 Å². The van der Waals surface area contributed by atoms with Gasteiger partial charge in [0, 0.05) is 26.2 Å². The number of carbonyl (C=O) groups is 2. The van der Waals surface area contributed by atoms with E-state index in [2.05, 4.69) is 5.32 Å². The number of amides is 2. The molecule has 2 amide bonds. The molecule has 0 radical (unpaired) electrons. The smallest absolute Gasteiger partial charge is 0.243 e. The normalized spacial score (nSPS) is 15.3. The van der Waals surface area contributed by atoms with Crippen molar-refractivity contribution in [3.05, 3.63) is 48.5 Å². The van der Waals surface area contributed by atoms with Crippen LogP contribution >= 0.6 is 0 Å². The summed E-state index contributed by atoms with van der Waals surface area (Å²) in [6.07, 6.45) is -0.350. The van der Waals surface area contributed by atoms with E-state index in [1.807, 2.05) is 25.1 Å². The summed E-state index contributed by atoms with van der Waals surface area (Å²) in [6.45, 7) is 3.86. The number of anilines is 1. The first-order chi connectivity index (χ1) is 15.2. The van der Waals surface area contributed by atoms with Crippen molar-refractivity contribution in [1.82, 2.24) is 9.21 Å². The van der Waals surface area contributed by atoms with Crippen molar-refractivity contribution in [1.29, 1.82) is 0 Å². The van der Waals surface area contributed by atoms with Crippen LogP contribution in [0, 0.1) is 0 Å². The van der Waals surface area contributed by atoms with E-state index in [-0.39, 0.29) is 35.9 Å². The molecule has 1 aliphatic rings. The number of likely N-dealkylation sites (N-methyl/N-ethyl adjacent to an activating group) is 2. The molecular formula is C22H27N3O6S. The maximum atomic E-state index is 12.9. The van der Waals surface area contributed by atoms with Crippen molar-refractivity contribution in [3.63, 3.8) is 0 Å². The van der Waals surface area contributed by atoms with Gasteiger partial charge in [0.05, 0.1) is 18.0 Å². The van der Waals surface area contributed by atoms with Gasteiger partial charge < -0.3 is 19.7 Å². The molecule has 1 N–H and O–H groups in total. The third kappa shape index (κ3) is 5.57. The Morgan fingerprint density at radius 2 is 1.75 bits per heavy atom. The first-order valence-electron chi connectivity index (χ1n) is 10.2. The van der Waals surface area contributed by atoms with Crippen LogP contribution in [0.2, 0.25) is 0 Å². The van der Waals surface area contributed by atoms with Crippen LogP contribution in [0.1, 0.15) is 13.8 Å². The van der Waals surface area contributed by atoms with Crippen LogP contribution in [-0.2, 0) is 19.6 Å². The highest BCUT2D eigenvalue weighted by atomic mass is 32.2. The predicted octanol–water partition coefficient (Wildman–Crippen LogP) is 1.95. The van der Waals surface area contributed by atoms with Gasteiger partial charge >= 0.3 is 0 Å².